The lowest BCUT2D eigenvalue weighted by molar-refractivity contribution is 0.276. The van der Waals surface area contributed by atoms with Gasteiger partial charge in [-0.1, -0.05) is 18.9 Å². The topological polar surface area (TPSA) is 23.5 Å². The molecule has 1 N–H and O–H groups in total. The number of likely N-dealkylation sites (tertiary alicyclic amines) is 1. The predicted molar refractivity (Wildman–Crippen MR) is 71.3 cm³/mol. The van der Waals surface area contributed by atoms with Crippen molar-refractivity contribution >= 4 is 0 Å². The third kappa shape index (κ3) is 3.01. The van der Waals surface area contributed by atoms with Crippen LogP contribution in [0.4, 0.5) is 0 Å². The summed E-state index contributed by atoms with van der Waals surface area (Å²) in [7, 11) is 0. The van der Waals surface area contributed by atoms with Crippen molar-refractivity contribution in [1.82, 2.24) is 4.90 Å². The number of benzene rings is 1. The van der Waals surface area contributed by atoms with Crippen LogP contribution in [0.3, 0.4) is 0 Å². The van der Waals surface area contributed by atoms with Gasteiger partial charge >= 0.3 is 0 Å². The van der Waals surface area contributed by atoms with E-state index < -0.39 is 0 Å². The summed E-state index contributed by atoms with van der Waals surface area (Å²) in [6.45, 7) is 7.59. The zero-order valence-electron chi connectivity index (χ0n) is 11.0. The Bertz CT molecular complexity index is 379. The van der Waals surface area contributed by atoms with Crippen molar-refractivity contribution in [2.24, 2.45) is 0 Å². The van der Waals surface area contributed by atoms with Gasteiger partial charge in [0, 0.05) is 6.54 Å². The molecule has 0 aromatic heterocycles. The highest BCUT2D eigenvalue weighted by atomic mass is 16.3. The maximum Gasteiger partial charge on any atom is 0.118 e. The van der Waals surface area contributed by atoms with E-state index in [2.05, 4.69) is 17.9 Å². The Balaban J connectivity index is 2.09. The van der Waals surface area contributed by atoms with Crippen LogP contribution in [0.1, 0.15) is 42.4 Å². The van der Waals surface area contributed by atoms with Crippen LogP contribution in [0.25, 0.3) is 0 Å². The van der Waals surface area contributed by atoms with Gasteiger partial charge in [0.15, 0.2) is 0 Å². The van der Waals surface area contributed by atoms with E-state index in [0.29, 0.717) is 5.75 Å². The third-order valence-electron chi connectivity index (χ3n) is 3.96. The van der Waals surface area contributed by atoms with Crippen LogP contribution in [0, 0.1) is 13.8 Å². The molecule has 0 atom stereocenters. The molecule has 0 amide bonds. The molecule has 2 heteroatoms. The number of phenols is 1. The number of hydrogen-bond acceptors (Lipinski definition) is 2. The van der Waals surface area contributed by atoms with Crippen LogP contribution in [0.2, 0.25) is 0 Å². The van der Waals surface area contributed by atoms with Gasteiger partial charge in [-0.25, -0.2) is 0 Å². The van der Waals surface area contributed by atoms with E-state index in [9.17, 15) is 5.11 Å². The molecule has 1 aromatic rings. The summed E-state index contributed by atoms with van der Waals surface area (Å²) in [5.41, 5.74) is 3.63. The van der Waals surface area contributed by atoms with Gasteiger partial charge in [0.1, 0.15) is 5.75 Å². The second kappa shape index (κ2) is 5.54. The van der Waals surface area contributed by atoms with Gasteiger partial charge in [0.05, 0.1) is 0 Å². The fourth-order valence-electron chi connectivity index (χ4n) is 2.57. The average molecular weight is 233 g/mol. The highest BCUT2D eigenvalue weighted by Crippen LogP contribution is 2.24. The molecular weight excluding hydrogens is 210 g/mol. The zero-order chi connectivity index (χ0) is 12.3. The molecule has 1 saturated heterocycles. The first kappa shape index (κ1) is 12.4. The van der Waals surface area contributed by atoms with Gasteiger partial charge in [-0.3, -0.25) is 4.90 Å². The van der Waals surface area contributed by atoms with E-state index in [0.717, 1.165) is 12.1 Å². The van der Waals surface area contributed by atoms with Crippen molar-refractivity contribution in [3.05, 3.63) is 28.8 Å². The molecule has 17 heavy (non-hydrogen) atoms. The molecule has 1 fully saturated rings. The minimum absolute atomic E-state index is 0.419. The fourth-order valence-corrected chi connectivity index (χ4v) is 2.57. The maximum atomic E-state index is 9.66. The van der Waals surface area contributed by atoms with Crippen LogP contribution in [-0.4, -0.2) is 23.1 Å². The molecule has 1 aromatic carbocycles. The first-order chi connectivity index (χ1) is 8.18. The van der Waals surface area contributed by atoms with Crippen molar-refractivity contribution in [2.45, 2.75) is 46.1 Å². The van der Waals surface area contributed by atoms with E-state index in [1.54, 1.807) is 0 Å². The van der Waals surface area contributed by atoms with Crippen molar-refractivity contribution < 1.29 is 5.11 Å². The Morgan fingerprint density at radius 2 is 1.65 bits per heavy atom. The van der Waals surface area contributed by atoms with Crippen molar-refractivity contribution in [3.63, 3.8) is 0 Å². The Morgan fingerprint density at radius 1 is 1.00 bits per heavy atom. The summed E-state index contributed by atoms with van der Waals surface area (Å²) in [4.78, 5) is 2.55. The van der Waals surface area contributed by atoms with E-state index in [1.807, 2.05) is 13.0 Å². The monoisotopic (exact) mass is 233 g/mol. The van der Waals surface area contributed by atoms with Crippen LogP contribution in [-0.2, 0) is 6.54 Å². The largest absolute Gasteiger partial charge is 0.508 e. The van der Waals surface area contributed by atoms with Gasteiger partial charge < -0.3 is 5.11 Å². The van der Waals surface area contributed by atoms with E-state index in [4.69, 9.17) is 0 Å². The number of hydrogen-bond donors (Lipinski definition) is 1. The Kier molecular flexibility index (Phi) is 4.06. The molecule has 2 nitrogen and oxygen atoms in total. The number of nitrogens with zero attached hydrogens (tertiary/aromatic N) is 1. The standard InChI is InChI=1S/C15H23NO/c1-12-13(2)15(17)8-7-14(12)11-16-9-5-3-4-6-10-16/h7-8,17H,3-6,9-11H2,1-2H3. The van der Waals surface area contributed by atoms with Gasteiger partial charge in [-0.05, 0) is 62.5 Å². The molecule has 0 unspecified atom stereocenters. The lowest BCUT2D eigenvalue weighted by atomic mass is 10.0. The van der Waals surface area contributed by atoms with Gasteiger partial charge in [-0.2, -0.15) is 0 Å². The molecular formula is C15H23NO. The minimum atomic E-state index is 0.419. The first-order valence-electron chi connectivity index (χ1n) is 6.69. The van der Waals surface area contributed by atoms with E-state index >= 15 is 0 Å². The molecule has 1 heterocycles. The minimum Gasteiger partial charge on any atom is -0.508 e. The number of phenolic OH excluding ortho intramolecular Hbond substituents is 1. The highest BCUT2D eigenvalue weighted by molar-refractivity contribution is 5.42. The quantitative estimate of drug-likeness (QED) is 0.846. The third-order valence-corrected chi connectivity index (χ3v) is 3.96. The van der Waals surface area contributed by atoms with Crippen molar-refractivity contribution in [3.8, 4) is 5.75 Å². The normalized spacial score (nSPS) is 18.0. The summed E-state index contributed by atoms with van der Waals surface area (Å²) in [5, 5.41) is 9.66. The van der Waals surface area contributed by atoms with Gasteiger partial charge in [0.2, 0.25) is 0 Å². The summed E-state index contributed by atoms with van der Waals surface area (Å²) in [6, 6.07) is 3.90. The Morgan fingerprint density at radius 3 is 2.29 bits per heavy atom. The smallest absolute Gasteiger partial charge is 0.118 e. The summed E-state index contributed by atoms with van der Waals surface area (Å²) in [5.74, 6) is 0.419. The Hall–Kier alpha value is -1.02. The lowest BCUT2D eigenvalue weighted by Gasteiger charge is -2.21. The molecule has 0 spiro atoms. The van der Waals surface area contributed by atoms with Crippen LogP contribution >= 0.6 is 0 Å². The molecule has 0 aliphatic carbocycles. The fraction of sp³-hybridized carbons (Fsp3) is 0.600. The van der Waals surface area contributed by atoms with E-state index in [-0.39, 0.29) is 0 Å². The highest BCUT2D eigenvalue weighted by Gasteiger charge is 2.12. The molecule has 1 aliphatic rings. The zero-order valence-corrected chi connectivity index (χ0v) is 11.0. The maximum absolute atomic E-state index is 9.66. The number of aromatic hydroxyl groups is 1. The van der Waals surface area contributed by atoms with Crippen LogP contribution in [0.15, 0.2) is 12.1 Å². The molecule has 1 aliphatic heterocycles. The van der Waals surface area contributed by atoms with Crippen LogP contribution < -0.4 is 0 Å². The Labute approximate surface area is 104 Å². The SMILES string of the molecule is Cc1c(O)ccc(CN2CCCCCC2)c1C. The molecule has 0 bridgehead atoms. The number of rotatable bonds is 2. The summed E-state index contributed by atoms with van der Waals surface area (Å²) < 4.78 is 0. The molecule has 94 valence electrons. The second-order valence-corrected chi connectivity index (χ2v) is 5.18. The summed E-state index contributed by atoms with van der Waals surface area (Å²) >= 11 is 0. The molecule has 0 saturated carbocycles. The molecule has 0 radical (unpaired) electrons. The van der Waals surface area contributed by atoms with Gasteiger partial charge in [0.25, 0.3) is 0 Å². The van der Waals surface area contributed by atoms with Crippen molar-refractivity contribution in [2.75, 3.05) is 13.1 Å². The second-order valence-electron chi connectivity index (χ2n) is 5.18. The average Bonchev–Trinajstić information content (AvgIpc) is 2.59. The lowest BCUT2D eigenvalue weighted by Crippen LogP contribution is -2.24. The predicted octanol–water partition coefficient (Wildman–Crippen LogP) is 3.39. The first-order valence-corrected chi connectivity index (χ1v) is 6.69. The van der Waals surface area contributed by atoms with Gasteiger partial charge in [-0.15, -0.1) is 0 Å². The molecule has 2 rings (SSSR count). The van der Waals surface area contributed by atoms with Crippen LogP contribution in [0.5, 0.6) is 5.75 Å². The van der Waals surface area contributed by atoms with Crippen molar-refractivity contribution in [1.29, 1.82) is 0 Å². The summed E-state index contributed by atoms with van der Waals surface area (Å²) in [6.07, 6.45) is 5.42. The van der Waals surface area contributed by atoms with E-state index in [1.165, 1.54) is 49.9 Å².